The largest absolute Gasteiger partial charge is 0.352 e. The molecule has 2 aromatic heterocycles. The van der Waals surface area contributed by atoms with Crippen molar-refractivity contribution in [2.45, 2.75) is 31.6 Å². The Labute approximate surface area is 157 Å². The zero-order chi connectivity index (χ0) is 18.8. The molecule has 0 spiro atoms. The highest BCUT2D eigenvalue weighted by Crippen LogP contribution is 2.35. The Morgan fingerprint density at radius 1 is 1.19 bits per heavy atom. The molecule has 6 nitrogen and oxygen atoms in total. The van der Waals surface area contributed by atoms with E-state index in [0.29, 0.717) is 18.4 Å². The number of nitrogens with zero attached hydrogens (tertiary/aromatic N) is 2. The second kappa shape index (κ2) is 7.39. The highest BCUT2D eigenvalue weighted by atomic mass is 16.2. The van der Waals surface area contributed by atoms with Crippen molar-refractivity contribution in [3.05, 3.63) is 64.3 Å². The van der Waals surface area contributed by atoms with E-state index >= 15 is 0 Å². The van der Waals surface area contributed by atoms with Crippen molar-refractivity contribution >= 4 is 16.9 Å². The Morgan fingerprint density at radius 2 is 1.96 bits per heavy atom. The van der Waals surface area contributed by atoms with Crippen LogP contribution in [0.1, 0.15) is 47.8 Å². The summed E-state index contributed by atoms with van der Waals surface area (Å²) in [6, 6.07) is 11.4. The molecule has 4 rings (SSSR count). The van der Waals surface area contributed by atoms with Gasteiger partial charge in [0.05, 0.1) is 11.0 Å². The van der Waals surface area contributed by atoms with Crippen molar-refractivity contribution in [3.63, 3.8) is 0 Å². The normalized spacial score (nSPS) is 19.9. The number of H-pyrrole nitrogens is 1. The number of para-hydroxylation sites is 2. The van der Waals surface area contributed by atoms with Crippen LogP contribution in [0, 0.1) is 5.92 Å². The predicted molar refractivity (Wildman–Crippen MR) is 105 cm³/mol. The first-order valence-electron chi connectivity index (χ1n) is 9.50. The van der Waals surface area contributed by atoms with Gasteiger partial charge in [-0.3, -0.25) is 9.59 Å². The third-order valence-electron chi connectivity index (χ3n) is 5.56. The summed E-state index contributed by atoms with van der Waals surface area (Å²) >= 11 is 0. The first-order chi connectivity index (χ1) is 13.1. The molecule has 0 aliphatic heterocycles. The van der Waals surface area contributed by atoms with Crippen LogP contribution in [-0.4, -0.2) is 27.0 Å². The van der Waals surface area contributed by atoms with Crippen LogP contribution >= 0.6 is 0 Å². The van der Waals surface area contributed by atoms with Crippen LogP contribution in [-0.2, 0) is 7.05 Å². The molecular formula is C21H24N4O2. The number of hydrogen-bond acceptors (Lipinski definition) is 3. The first-order valence-corrected chi connectivity index (χ1v) is 9.50. The van der Waals surface area contributed by atoms with Crippen LogP contribution < -0.4 is 10.9 Å². The molecule has 0 unspecified atom stereocenters. The summed E-state index contributed by atoms with van der Waals surface area (Å²) in [6.45, 7) is 0.615. The molecule has 1 amide bonds. The summed E-state index contributed by atoms with van der Waals surface area (Å²) in [6.07, 6.45) is 5.88. The van der Waals surface area contributed by atoms with Gasteiger partial charge in [0.2, 0.25) is 0 Å². The molecule has 0 radical (unpaired) electrons. The number of aromatic amines is 1. The second-order valence-corrected chi connectivity index (χ2v) is 7.40. The number of nitrogens with one attached hydrogen (secondary N) is 2. The summed E-state index contributed by atoms with van der Waals surface area (Å²) in [5.74, 6) is 1.69. The van der Waals surface area contributed by atoms with Crippen LogP contribution in [0.15, 0.2) is 47.4 Å². The number of imidazole rings is 1. The molecule has 3 aromatic rings. The van der Waals surface area contributed by atoms with E-state index in [1.165, 1.54) is 4.57 Å². The Hall–Kier alpha value is -2.89. The van der Waals surface area contributed by atoms with Gasteiger partial charge in [-0.15, -0.1) is 0 Å². The fourth-order valence-corrected chi connectivity index (χ4v) is 3.91. The van der Waals surface area contributed by atoms with Crippen LogP contribution in [0.5, 0.6) is 0 Å². The van der Waals surface area contributed by atoms with Gasteiger partial charge in [-0.1, -0.05) is 12.1 Å². The van der Waals surface area contributed by atoms with Crippen molar-refractivity contribution in [2.75, 3.05) is 6.54 Å². The molecule has 0 atom stereocenters. The molecule has 2 N–H and O–H groups in total. The number of carbonyl (C=O) groups excluding carboxylic acids is 1. The van der Waals surface area contributed by atoms with E-state index in [1.807, 2.05) is 18.2 Å². The van der Waals surface area contributed by atoms with E-state index < -0.39 is 0 Å². The van der Waals surface area contributed by atoms with E-state index in [4.69, 9.17) is 4.98 Å². The van der Waals surface area contributed by atoms with Crippen LogP contribution in [0.3, 0.4) is 0 Å². The Balaban J connectivity index is 1.32. The van der Waals surface area contributed by atoms with E-state index in [9.17, 15) is 9.59 Å². The first kappa shape index (κ1) is 17.5. The molecule has 1 saturated carbocycles. The van der Waals surface area contributed by atoms with Crippen molar-refractivity contribution in [2.24, 2.45) is 13.0 Å². The summed E-state index contributed by atoms with van der Waals surface area (Å²) < 4.78 is 1.42. The predicted octanol–water partition coefficient (Wildman–Crippen LogP) is 2.97. The summed E-state index contributed by atoms with van der Waals surface area (Å²) in [5, 5.41) is 2.94. The number of aryl methyl sites for hydroxylation is 1. The highest BCUT2D eigenvalue weighted by molar-refractivity contribution is 5.93. The average molecular weight is 364 g/mol. The van der Waals surface area contributed by atoms with E-state index in [1.54, 1.807) is 25.4 Å². The number of hydrogen-bond donors (Lipinski definition) is 2. The molecule has 27 heavy (non-hydrogen) atoms. The third-order valence-corrected chi connectivity index (χ3v) is 5.56. The SMILES string of the molecule is Cn1cccc(C(=O)NCC2CCC(c3nc4ccccc4[nH]3)CC2)c1=O. The zero-order valence-corrected chi connectivity index (χ0v) is 15.4. The second-order valence-electron chi connectivity index (χ2n) is 7.40. The molecule has 2 heterocycles. The molecule has 6 heteroatoms. The number of aromatic nitrogens is 3. The minimum absolute atomic E-state index is 0.205. The molecule has 1 aliphatic rings. The van der Waals surface area contributed by atoms with Gasteiger partial charge in [0, 0.05) is 25.7 Å². The lowest BCUT2D eigenvalue weighted by Crippen LogP contribution is -2.35. The molecule has 140 valence electrons. The highest BCUT2D eigenvalue weighted by Gasteiger charge is 2.25. The molecule has 1 fully saturated rings. The fraction of sp³-hybridized carbons (Fsp3) is 0.381. The standard InChI is InChI=1S/C21H24N4O2/c1-25-12-4-5-16(21(25)27)20(26)22-13-14-8-10-15(11-9-14)19-23-17-6-2-3-7-18(17)24-19/h2-7,12,14-15H,8-11,13H2,1H3,(H,22,26)(H,23,24). The molecule has 0 bridgehead atoms. The molecule has 1 aromatic carbocycles. The third kappa shape index (κ3) is 3.65. The maximum atomic E-state index is 12.3. The number of pyridine rings is 1. The smallest absolute Gasteiger partial charge is 0.263 e. The van der Waals surface area contributed by atoms with Crippen LogP contribution in [0.25, 0.3) is 11.0 Å². The molecule has 1 aliphatic carbocycles. The lowest BCUT2D eigenvalue weighted by atomic mass is 9.81. The average Bonchev–Trinajstić information content (AvgIpc) is 3.13. The number of amides is 1. The summed E-state index contributed by atoms with van der Waals surface area (Å²) in [5.41, 5.74) is 2.05. The maximum absolute atomic E-state index is 12.3. The summed E-state index contributed by atoms with van der Waals surface area (Å²) in [4.78, 5) is 32.5. The van der Waals surface area contributed by atoms with Crippen molar-refractivity contribution < 1.29 is 4.79 Å². The van der Waals surface area contributed by atoms with Gasteiger partial charge in [0.15, 0.2) is 0 Å². The van der Waals surface area contributed by atoms with Gasteiger partial charge in [-0.25, -0.2) is 4.98 Å². The lowest BCUT2D eigenvalue weighted by molar-refractivity contribution is 0.0940. The maximum Gasteiger partial charge on any atom is 0.263 e. The van der Waals surface area contributed by atoms with Crippen molar-refractivity contribution in [1.29, 1.82) is 0 Å². The van der Waals surface area contributed by atoms with Crippen molar-refractivity contribution in [3.8, 4) is 0 Å². The van der Waals surface area contributed by atoms with E-state index in [0.717, 1.165) is 42.5 Å². The van der Waals surface area contributed by atoms with Crippen LogP contribution in [0.4, 0.5) is 0 Å². The fourth-order valence-electron chi connectivity index (χ4n) is 3.91. The number of rotatable bonds is 4. The number of fused-ring (bicyclic) bond motifs is 1. The Morgan fingerprint density at radius 3 is 2.74 bits per heavy atom. The summed E-state index contributed by atoms with van der Waals surface area (Å²) in [7, 11) is 1.65. The van der Waals surface area contributed by atoms with Crippen LogP contribution in [0.2, 0.25) is 0 Å². The van der Waals surface area contributed by atoms with Crippen molar-refractivity contribution in [1.82, 2.24) is 19.9 Å². The topological polar surface area (TPSA) is 79.8 Å². The van der Waals surface area contributed by atoms with Gasteiger partial charge in [0.25, 0.3) is 11.5 Å². The lowest BCUT2D eigenvalue weighted by Gasteiger charge is -2.27. The van der Waals surface area contributed by atoms with Gasteiger partial charge >= 0.3 is 0 Å². The number of benzene rings is 1. The van der Waals surface area contributed by atoms with Gasteiger partial charge < -0.3 is 14.9 Å². The van der Waals surface area contributed by atoms with Gasteiger partial charge in [-0.2, -0.15) is 0 Å². The van der Waals surface area contributed by atoms with Gasteiger partial charge in [-0.05, 0) is 55.9 Å². The van der Waals surface area contributed by atoms with E-state index in [-0.39, 0.29) is 17.0 Å². The van der Waals surface area contributed by atoms with Gasteiger partial charge in [0.1, 0.15) is 11.4 Å². The Bertz CT molecular complexity index is 979. The Kier molecular flexibility index (Phi) is 4.79. The molecule has 0 saturated heterocycles. The van der Waals surface area contributed by atoms with E-state index in [2.05, 4.69) is 16.4 Å². The zero-order valence-electron chi connectivity index (χ0n) is 15.4. The minimum Gasteiger partial charge on any atom is -0.352 e. The minimum atomic E-state index is -0.282. The monoisotopic (exact) mass is 364 g/mol. The number of carbonyl (C=O) groups is 1. The molecular weight excluding hydrogens is 340 g/mol. The quantitative estimate of drug-likeness (QED) is 0.747.